The standard InChI is InChI=1S/C9H15N3O2S/c1-15(13,14)11-8-3-2-4-9(8)12-6-5-10-7-12/h5-9,11H,2-4H2,1H3. The largest absolute Gasteiger partial charge is 0.333 e. The van der Waals surface area contributed by atoms with Crippen molar-refractivity contribution in [1.82, 2.24) is 14.3 Å². The quantitative estimate of drug-likeness (QED) is 0.822. The van der Waals surface area contributed by atoms with Crippen molar-refractivity contribution in [3.63, 3.8) is 0 Å². The fourth-order valence-electron chi connectivity index (χ4n) is 2.18. The lowest BCUT2D eigenvalue weighted by Gasteiger charge is -2.20. The molecule has 2 unspecified atom stereocenters. The molecule has 1 saturated carbocycles. The van der Waals surface area contributed by atoms with Crippen molar-refractivity contribution in [3.8, 4) is 0 Å². The van der Waals surface area contributed by atoms with E-state index in [1.165, 1.54) is 6.26 Å². The number of nitrogens with one attached hydrogen (secondary N) is 1. The van der Waals surface area contributed by atoms with Gasteiger partial charge in [0.15, 0.2) is 0 Å². The van der Waals surface area contributed by atoms with Crippen LogP contribution < -0.4 is 4.72 Å². The van der Waals surface area contributed by atoms with Gasteiger partial charge in [0.05, 0.1) is 18.6 Å². The first kappa shape index (κ1) is 10.6. The van der Waals surface area contributed by atoms with E-state index in [-0.39, 0.29) is 12.1 Å². The van der Waals surface area contributed by atoms with Gasteiger partial charge < -0.3 is 4.57 Å². The van der Waals surface area contributed by atoms with Crippen molar-refractivity contribution in [3.05, 3.63) is 18.7 Å². The number of hydrogen-bond donors (Lipinski definition) is 1. The third kappa shape index (κ3) is 2.57. The lowest BCUT2D eigenvalue weighted by atomic mass is 10.2. The summed E-state index contributed by atoms with van der Waals surface area (Å²) in [5, 5.41) is 0. The summed E-state index contributed by atoms with van der Waals surface area (Å²) in [6.07, 6.45) is 9.50. The average Bonchev–Trinajstić information content (AvgIpc) is 2.68. The molecule has 0 saturated heterocycles. The predicted octanol–water partition coefficient (Wildman–Crippen LogP) is 0.526. The third-order valence-corrected chi connectivity index (χ3v) is 3.48. The van der Waals surface area contributed by atoms with Gasteiger partial charge in [-0.05, 0) is 19.3 Å². The van der Waals surface area contributed by atoms with E-state index < -0.39 is 10.0 Å². The van der Waals surface area contributed by atoms with Crippen molar-refractivity contribution < 1.29 is 8.42 Å². The molecule has 1 N–H and O–H groups in total. The molecule has 1 aromatic heterocycles. The van der Waals surface area contributed by atoms with Crippen molar-refractivity contribution in [2.24, 2.45) is 0 Å². The lowest BCUT2D eigenvalue weighted by molar-refractivity contribution is 0.432. The Kier molecular flexibility index (Phi) is 2.79. The molecule has 0 aromatic carbocycles. The fraction of sp³-hybridized carbons (Fsp3) is 0.667. The van der Waals surface area contributed by atoms with Gasteiger partial charge in [0.2, 0.25) is 10.0 Å². The van der Waals surface area contributed by atoms with E-state index in [2.05, 4.69) is 9.71 Å². The van der Waals surface area contributed by atoms with Crippen LogP contribution in [0, 0.1) is 0 Å². The first-order valence-electron chi connectivity index (χ1n) is 5.01. The molecule has 84 valence electrons. The zero-order chi connectivity index (χ0) is 10.9. The number of aromatic nitrogens is 2. The molecule has 1 aliphatic rings. The monoisotopic (exact) mass is 229 g/mol. The smallest absolute Gasteiger partial charge is 0.209 e. The molecule has 0 radical (unpaired) electrons. The van der Waals surface area contributed by atoms with E-state index in [4.69, 9.17) is 0 Å². The van der Waals surface area contributed by atoms with Gasteiger partial charge >= 0.3 is 0 Å². The maximum absolute atomic E-state index is 11.2. The van der Waals surface area contributed by atoms with E-state index >= 15 is 0 Å². The van der Waals surface area contributed by atoms with Crippen LogP contribution >= 0.6 is 0 Å². The molecule has 0 aliphatic heterocycles. The summed E-state index contributed by atoms with van der Waals surface area (Å²) >= 11 is 0. The number of imidazole rings is 1. The molecule has 0 bridgehead atoms. The van der Waals surface area contributed by atoms with Crippen LogP contribution in [0.25, 0.3) is 0 Å². The third-order valence-electron chi connectivity index (χ3n) is 2.75. The molecule has 0 spiro atoms. The Morgan fingerprint density at radius 3 is 2.87 bits per heavy atom. The van der Waals surface area contributed by atoms with Gasteiger partial charge in [-0.15, -0.1) is 0 Å². The van der Waals surface area contributed by atoms with Crippen molar-refractivity contribution in [2.45, 2.75) is 31.3 Å². The van der Waals surface area contributed by atoms with Gasteiger partial charge in [-0.1, -0.05) is 0 Å². The second-order valence-electron chi connectivity index (χ2n) is 4.00. The van der Waals surface area contributed by atoms with Gasteiger partial charge in [-0.25, -0.2) is 18.1 Å². The molecule has 1 fully saturated rings. The van der Waals surface area contributed by atoms with E-state index in [1.54, 1.807) is 12.5 Å². The summed E-state index contributed by atoms with van der Waals surface area (Å²) in [4.78, 5) is 3.98. The topological polar surface area (TPSA) is 64.0 Å². The summed E-state index contributed by atoms with van der Waals surface area (Å²) in [7, 11) is -3.12. The second-order valence-corrected chi connectivity index (χ2v) is 5.78. The Balaban J connectivity index is 2.12. The normalized spacial score (nSPS) is 27.0. The highest BCUT2D eigenvalue weighted by Crippen LogP contribution is 2.30. The van der Waals surface area contributed by atoms with Gasteiger partial charge in [-0.2, -0.15) is 0 Å². The molecule has 2 atom stereocenters. The van der Waals surface area contributed by atoms with E-state index in [0.717, 1.165) is 19.3 Å². The Bertz CT molecular complexity index is 413. The molecule has 5 nitrogen and oxygen atoms in total. The van der Waals surface area contributed by atoms with Crippen molar-refractivity contribution in [1.29, 1.82) is 0 Å². The van der Waals surface area contributed by atoms with Gasteiger partial charge in [0.25, 0.3) is 0 Å². The Morgan fingerprint density at radius 1 is 1.47 bits per heavy atom. The maximum atomic E-state index is 11.2. The number of hydrogen-bond acceptors (Lipinski definition) is 3. The Hall–Kier alpha value is -0.880. The fourth-order valence-corrected chi connectivity index (χ4v) is 3.00. The van der Waals surface area contributed by atoms with Crippen LogP contribution in [0.1, 0.15) is 25.3 Å². The first-order valence-corrected chi connectivity index (χ1v) is 6.90. The predicted molar refractivity (Wildman–Crippen MR) is 56.9 cm³/mol. The van der Waals surface area contributed by atoms with Crippen LogP contribution in [-0.2, 0) is 10.0 Å². The summed E-state index contributed by atoms with van der Waals surface area (Å²) in [6, 6.07) is 0.219. The van der Waals surface area contributed by atoms with Crippen LogP contribution in [0.3, 0.4) is 0 Å². The highest BCUT2D eigenvalue weighted by Gasteiger charge is 2.30. The second kappa shape index (κ2) is 3.94. The Labute approximate surface area is 89.6 Å². The summed E-state index contributed by atoms with van der Waals surface area (Å²) in [6.45, 7) is 0. The summed E-state index contributed by atoms with van der Waals surface area (Å²) in [5.41, 5.74) is 0. The maximum Gasteiger partial charge on any atom is 0.209 e. The summed E-state index contributed by atoms with van der Waals surface area (Å²) in [5.74, 6) is 0. The molecule has 0 amide bonds. The molecule has 6 heteroatoms. The van der Waals surface area contributed by atoms with E-state index in [0.29, 0.717) is 0 Å². The zero-order valence-corrected chi connectivity index (χ0v) is 9.44. The zero-order valence-electron chi connectivity index (χ0n) is 8.63. The lowest BCUT2D eigenvalue weighted by Crippen LogP contribution is -2.37. The first-order chi connectivity index (χ1) is 7.06. The van der Waals surface area contributed by atoms with E-state index in [1.807, 2.05) is 10.8 Å². The van der Waals surface area contributed by atoms with Crippen LogP contribution in [0.4, 0.5) is 0 Å². The molecule has 1 heterocycles. The van der Waals surface area contributed by atoms with Crippen LogP contribution in [0.5, 0.6) is 0 Å². The minimum Gasteiger partial charge on any atom is -0.333 e. The number of sulfonamides is 1. The number of nitrogens with zero attached hydrogens (tertiary/aromatic N) is 2. The van der Waals surface area contributed by atoms with Crippen molar-refractivity contribution >= 4 is 10.0 Å². The SMILES string of the molecule is CS(=O)(=O)NC1CCCC1n1ccnc1. The van der Waals surface area contributed by atoms with Gasteiger partial charge in [0, 0.05) is 18.4 Å². The van der Waals surface area contributed by atoms with Crippen molar-refractivity contribution in [2.75, 3.05) is 6.26 Å². The van der Waals surface area contributed by atoms with Crippen LogP contribution in [-0.4, -0.2) is 30.3 Å². The molecular formula is C9H15N3O2S. The highest BCUT2D eigenvalue weighted by molar-refractivity contribution is 7.88. The molecule has 1 aromatic rings. The number of rotatable bonds is 3. The minimum atomic E-state index is -3.12. The molecule has 1 aliphatic carbocycles. The minimum absolute atomic E-state index is 0.00852. The molecular weight excluding hydrogens is 214 g/mol. The van der Waals surface area contributed by atoms with E-state index in [9.17, 15) is 8.42 Å². The molecule has 2 rings (SSSR count). The van der Waals surface area contributed by atoms with Gasteiger partial charge in [-0.3, -0.25) is 0 Å². The summed E-state index contributed by atoms with van der Waals surface area (Å²) < 4.78 is 27.0. The van der Waals surface area contributed by atoms with Crippen LogP contribution in [0.15, 0.2) is 18.7 Å². The average molecular weight is 229 g/mol. The van der Waals surface area contributed by atoms with Gasteiger partial charge in [0.1, 0.15) is 0 Å². The Morgan fingerprint density at radius 2 is 2.27 bits per heavy atom. The molecule has 15 heavy (non-hydrogen) atoms. The van der Waals surface area contributed by atoms with Crippen LogP contribution in [0.2, 0.25) is 0 Å². The highest BCUT2D eigenvalue weighted by atomic mass is 32.2.